The highest BCUT2D eigenvalue weighted by molar-refractivity contribution is 5.98. The van der Waals surface area contributed by atoms with Crippen LogP contribution in [0.25, 0.3) is 22.2 Å². The number of rotatable bonds is 8. The molecule has 0 N–H and O–H groups in total. The quantitative estimate of drug-likeness (QED) is 0.194. The highest BCUT2D eigenvalue weighted by Crippen LogP contribution is 2.55. The van der Waals surface area contributed by atoms with Gasteiger partial charge >= 0.3 is 0 Å². The standard InChI is InChI=1S/C40H46N4O3/c1-26-7-2-3-10-31(26)37-33(38(47-42-37)28-11-12-28)21-27-24-40(25-27)15-19-43(20-16-40)29-13-14-34-32(22-29)36(46-30-8-6-9-30)23-35(41-34)39(45)44-17-4-5-18-44/h2-3,7,10,13-14,22-23,27-28,30H,4-6,8-9,11-12,15-21,24-25H2,1H3. The third-order valence-corrected chi connectivity index (χ3v) is 12.0. The minimum absolute atomic E-state index is 0.0336. The smallest absolute Gasteiger partial charge is 0.272 e. The Morgan fingerprint density at radius 1 is 0.957 bits per heavy atom. The van der Waals surface area contributed by atoms with Crippen LogP contribution in [0.1, 0.15) is 104 Å². The fraction of sp³-hybridized carbons (Fsp3) is 0.525. The first-order valence-electron chi connectivity index (χ1n) is 18.2. The Balaban J connectivity index is 0.892. The highest BCUT2D eigenvalue weighted by Gasteiger charge is 2.47. The van der Waals surface area contributed by atoms with Crippen molar-refractivity contribution in [3.63, 3.8) is 0 Å². The van der Waals surface area contributed by atoms with Gasteiger partial charge in [0.25, 0.3) is 5.91 Å². The third-order valence-electron chi connectivity index (χ3n) is 12.0. The molecular formula is C40H46N4O3. The summed E-state index contributed by atoms with van der Waals surface area (Å²) in [5.41, 5.74) is 8.03. The van der Waals surface area contributed by atoms with Gasteiger partial charge in [-0.1, -0.05) is 29.4 Å². The molecule has 5 fully saturated rings. The molecule has 2 aromatic carbocycles. The molecule has 4 aromatic rings. The molecule has 0 radical (unpaired) electrons. The Kier molecular flexibility index (Phi) is 7.27. The van der Waals surface area contributed by atoms with Crippen LogP contribution in [-0.2, 0) is 6.42 Å². The Labute approximate surface area is 277 Å². The van der Waals surface area contributed by atoms with Gasteiger partial charge in [0.2, 0.25) is 0 Å². The number of hydrogen-bond donors (Lipinski definition) is 0. The molecule has 9 rings (SSSR count). The van der Waals surface area contributed by atoms with Gasteiger partial charge in [0.05, 0.1) is 11.6 Å². The van der Waals surface area contributed by atoms with E-state index in [-0.39, 0.29) is 12.0 Å². The number of pyridine rings is 1. The maximum atomic E-state index is 13.3. The number of carbonyl (C=O) groups excluding carboxylic acids is 1. The molecular weight excluding hydrogens is 584 g/mol. The first-order valence-corrected chi connectivity index (χ1v) is 18.2. The van der Waals surface area contributed by atoms with Gasteiger partial charge in [-0.2, -0.15) is 0 Å². The lowest BCUT2D eigenvalue weighted by Gasteiger charge is -2.53. The fourth-order valence-corrected chi connectivity index (χ4v) is 8.82. The summed E-state index contributed by atoms with van der Waals surface area (Å²) in [6.07, 6.45) is 14.4. The van der Waals surface area contributed by atoms with Crippen LogP contribution in [-0.4, -0.2) is 53.2 Å². The zero-order chi connectivity index (χ0) is 31.5. The van der Waals surface area contributed by atoms with Gasteiger partial charge in [-0.15, -0.1) is 0 Å². The molecule has 3 saturated carbocycles. The molecule has 3 aliphatic carbocycles. The molecule has 1 amide bonds. The first kappa shape index (κ1) is 29.3. The van der Waals surface area contributed by atoms with Crippen molar-refractivity contribution < 1.29 is 14.1 Å². The van der Waals surface area contributed by atoms with E-state index >= 15 is 0 Å². The van der Waals surface area contributed by atoms with Gasteiger partial charge in [0.15, 0.2) is 0 Å². The van der Waals surface area contributed by atoms with Crippen molar-refractivity contribution in [1.82, 2.24) is 15.0 Å². The molecule has 2 aromatic heterocycles. The molecule has 0 atom stereocenters. The van der Waals surface area contributed by atoms with Gasteiger partial charge in [-0.3, -0.25) is 4.79 Å². The monoisotopic (exact) mass is 630 g/mol. The number of anilines is 1. The second-order valence-electron chi connectivity index (χ2n) is 15.3. The van der Waals surface area contributed by atoms with Gasteiger partial charge in [-0.25, -0.2) is 4.98 Å². The van der Waals surface area contributed by atoms with E-state index in [1.54, 1.807) is 0 Å². The molecule has 2 saturated heterocycles. The van der Waals surface area contributed by atoms with Crippen molar-refractivity contribution in [2.45, 2.75) is 96.0 Å². The van der Waals surface area contributed by atoms with Crippen LogP contribution < -0.4 is 9.64 Å². The van der Waals surface area contributed by atoms with Crippen molar-refractivity contribution in [2.75, 3.05) is 31.1 Å². The molecule has 2 aliphatic heterocycles. The summed E-state index contributed by atoms with van der Waals surface area (Å²) >= 11 is 0. The zero-order valence-electron chi connectivity index (χ0n) is 27.7. The number of nitrogens with zero attached hydrogens (tertiary/aromatic N) is 4. The van der Waals surface area contributed by atoms with Gasteiger partial charge in [-0.05, 0) is 119 Å². The second-order valence-corrected chi connectivity index (χ2v) is 15.3. The topological polar surface area (TPSA) is 71.7 Å². The number of benzene rings is 2. The van der Waals surface area contributed by atoms with Gasteiger partial charge in [0.1, 0.15) is 22.9 Å². The average molecular weight is 631 g/mol. The van der Waals surface area contributed by atoms with Crippen LogP contribution in [0.5, 0.6) is 5.75 Å². The fourth-order valence-electron chi connectivity index (χ4n) is 8.82. The van der Waals surface area contributed by atoms with Crippen LogP contribution in [0.15, 0.2) is 53.1 Å². The lowest BCUT2D eigenvalue weighted by molar-refractivity contribution is 0.0282. The normalized spacial score (nSPS) is 21.3. The Morgan fingerprint density at radius 2 is 1.74 bits per heavy atom. The van der Waals surface area contributed by atoms with Crippen molar-refractivity contribution in [1.29, 1.82) is 0 Å². The van der Waals surface area contributed by atoms with E-state index < -0.39 is 0 Å². The largest absolute Gasteiger partial charge is 0.490 e. The molecule has 0 unspecified atom stereocenters. The Bertz CT molecular complexity index is 1800. The maximum Gasteiger partial charge on any atom is 0.272 e. The van der Waals surface area contributed by atoms with E-state index in [0.717, 1.165) is 86.4 Å². The van der Waals surface area contributed by atoms with Crippen LogP contribution in [0.4, 0.5) is 5.69 Å². The first-order chi connectivity index (χ1) is 23.0. The summed E-state index contributed by atoms with van der Waals surface area (Å²) in [6.45, 7) is 5.97. The third kappa shape index (κ3) is 5.49. The number of fused-ring (bicyclic) bond motifs is 1. The van der Waals surface area contributed by atoms with Crippen LogP contribution in [0.2, 0.25) is 0 Å². The van der Waals surface area contributed by atoms with Crippen LogP contribution >= 0.6 is 0 Å². The van der Waals surface area contributed by atoms with Crippen LogP contribution in [0, 0.1) is 18.3 Å². The number of aromatic nitrogens is 2. The van der Waals surface area contributed by atoms with E-state index in [0.29, 0.717) is 22.9 Å². The zero-order valence-corrected chi connectivity index (χ0v) is 27.7. The van der Waals surface area contributed by atoms with Crippen molar-refractivity contribution >= 4 is 22.5 Å². The highest BCUT2D eigenvalue weighted by atomic mass is 16.5. The minimum Gasteiger partial charge on any atom is -0.490 e. The van der Waals surface area contributed by atoms with E-state index in [1.807, 2.05) is 11.0 Å². The molecule has 244 valence electrons. The van der Waals surface area contributed by atoms with Gasteiger partial charge in [0, 0.05) is 60.4 Å². The number of amides is 1. The maximum absolute atomic E-state index is 13.3. The van der Waals surface area contributed by atoms with E-state index in [4.69, 9.17) is 14.2 Å². The Morgan fingerprint density at radius 3 is 2.47 bits per heavy atom. The molecule has 1 spiro atoms. The second kappa shape index (κ2) is 11.7. The molecule has 7 nitrogen and oxygen atoms in total. The molecule has 47 heavy (non-hydrogen) atoms. The van der Waals surface area contributed by atoms with Crippen molar-refractivity contribution in [3.05, 3.63) is 71.1 Å². The van der Waals surface area contributed by atoms with E-state index in [9.17, 15) is 4.79 Å². The number of hydrogen-bond acceptors (Lipinski definition) is 6. The predicted molar refractivity (Wildman–Crippen MR) is 184 cm³/mol. The summed E-state index contributed by atoms with van der Waals surface area (Å²) in [7, 11) is 0. The number of carbonyl (C=O) groups is 1. The number of aryl methyl sites for hydroxylation is 1. The predicted octanol–water partition coefficient (Wildman–Crippen LogP) is 8.48. The van der Waals surface area contributed by atoms with Gasteiger partial charge < -0.3 is 19.1 Å². The van der Waals surface area contributed by atoms with E-state index in [2.05, 4.69) is 59.4 Å². The summed E-state index contributed by atoms with van der Waals surface area (Å²) in [5, 5.41) is 5.67. The molecule has 0 bridgehead atoms. The lowest BCUT2D eigenvalue weighted by Crippen LogP contribution is -2.47. The Hall–Kier alpha value is -3.87. The molecule has 7 heteroatoms. The summed E-state index contributed by atoms with van der Waals surface area (Å²) in [4.78, 5) is 22.6. The summed E-state index contributed by atoms with van der Waals surface area (Å²) in [5.74, 6) is 3.30. The molecule has 4 heterocycles. The van der Waals surface area contributed by atoms with Crippen LogP contribution in [0.3, 0.4) is 0 Å². The van der Waals surface area contributed by atoms with Crippen molar-refractivity contribution in [3.8, 4) is 17.0 Å². The number of ether oxygens (including phenoxy) is 1. The van der Waals surface area contributed by atoms with E-state index in [1.165, 1.54) is 67.3 Å². The lowest BCUT2D eigenvalue weighted by atomic mass is 9.56. The summed E-state index contributed by atoms with van der Waals surface area (Å²) < 4.78 is 12.5. The minimum atomic E-state index is 0.0336. The SMILES string of the molecule is Cc1ccccc1-c1noc(C2CC2)c1CC1CC2(CCN(c3ccc4nc(C(=O)N5CCCC5)cc(OC5CCC5)c4c3)CC2)C1. The van der Waals surface area contributed by atoms with Crippen molar-refractivity contribution in [2.24, 2.45) is 11.3 Å². The average Bonchev–Trinajstić information content (AvgIpc) is 3.58. The summed E-state index contributed by atoms with van der Waals surface area (Å²) in [6, 6.07) is 17.1. The number of likely N-dealkylation sites (tertiary alicyclic amines) is 1. The number of piperidine rings is 1. The molecule has 5 aliphatic rings.